The van der Waals surface area contributed by atoms with Crippen molar-refractivity contribution in [1.29, 1.82) is 0 Å². The summed E-state index contributed by atoms with van der Waals surface area (Å²) in [5, 5.41) is 9.00. The lowest BCUT2D eigenvalue weighted by molar-refractivity contribution is 0.417. The Morgan fingerprint density at radius 1 is 1.33 bits per heavy atom. The molecular formula is C11H18O. The first kappa shape index (κ1) is 11.0. The smallest absolute Gasteiger partial charge is 0.111 e. The number of allylic oxidation sites excluding steroid dienone is 2. The standard InChI is InChI=1S/C11H18O/c1-6-8(2)9(3)7-10(4)11(5)12/h9,12H,2,4-7H2,1,3H3/t9-/m0/s1. The minimum atomic E-state index is 0.0887. The van der Waals surface area contributed by atoms with E-state index in [1.165, 1.54) is 5.57 Å². The topological polar surface area (TPSA) is 20.2 Å². The van der Waals surface area contributed by atoms with E-state index in [9.17, 15) is 0 Å². The molecule has 0 bridgehead atoms. The van der Waals surface area contributed by atoms with E-state index in [0.717, 1.165) is 12.8 Å². The zero-order valence-corrected chi connectivity index (χ0v) is 8.06. The summed E-state index contributed by atoms with van der Waals surface area (Å²) in [5.41, 5.74) is 1.90. The second kappa shape index (κ2) is 4.81. The van der Waals surface area contributed by atoms with E-state index in [4.69, 9.17) is 5.11 Å². The van der Waals surface area contributed by atoms with E-state index in [1.54, 1.807) is 0 Å². The zero-order chi connectivity index (χ0) is 9.72. The molecule has 0 aliphatic heterocycles. The van der Waals surface area contributed by atoms with Crippen molar-refractivity contribution in [1.82, 2.24) is 0 Å². The van der Waals surface area contributed by atoms with Crippen LogP contribution < -0.4 is 0 Å². The molecule has 0 fully saturated rings. The molecule has 12 heavy (non-hydrogen) atoms. The van der Waals surface area contributed by atoms with Crippen LogP contribution in [-0.2, 0) is 0 Å². The van der Waals surface area contributed by atoms with Crippen molar-refractivity contribution in [3.05, 3.63) is 36.6 Å². The fourth-order valence-corrected chi connectivity index (χ4v) is 0.980. The Morgan fingerprint density at radius 3 is 2.17 bits per heavy atom. The molecule has 68 valence electrons. The lowest BCUT2D eigenvalue weighted by Crippen LogP contribution is -2.00. The number of aliphatic hydroxyl groups excluding tert-OH is 1. The number of hydrogen-bond acceptors (Lipinski definition) is 1. The third kappa shape index (κ3) is 3.42. The van der Waals surface area contributed by atoms with Crippen molar-refractivity contribution in [3.63, 3.8) is 0 Å². The van der Waals surface area contributed by atoms with E-state index in [-0.39, 0.29) is 5.76 Å². The van der Waals surface area contributed by atoms with E-state index in [2.05, 4.69) is 33.6 Å². The Morgan fingerprint density at radius 2 is 1.83 bits per heavy atom. The van der Waals surface area contributed by atoms with E-state index in [0.29, 0.717) is 11.5 Å². The van der Waals surface area contributed by atoms with Gasteiger partial charge < -0.3 is 5.11 Å². The molecule has 0 aromatic carbocycles. The lowest BCUT2D eigenvalue weighted by atomic mass is 9.93. The first-order valence-electron chi connectivity index (χ1n) is 4.22. The molecule has 0 radical (unpaired) electrons. The van der Waals surface area contributed by atoms with Gasteiger partial charge >= 0.3 is 0 Å². The van der Waals surface area contributed by atoms with Crippen molar-refractivity contribution >= 4 is 0 Å². The van der Waals surface area contributed by atoms with Gasteiger partial charge in [0, 0.05) is 0 Å². The highest BCUT2D eigenvalue weighted by molar-refractivity contribution is 5.20. The second-order valence-electron chi connectivity index (χ2n) is 3.17. The predicted octanol–water partition coefficient (Wildman–Crippen LogP) is 3.61. The maximum atomic E-state index is 9.00. The van der Waals surface area contributed by atoms with Gasteiger partial charge in [-0.2, -0.15) is 0 Å². The van der Waals surface area contributed by atoms with Crippen LogP contribution in [0, 0.1) is 5.92 Å². The van der Waals surface area contributed by atoms with E-state index < -0.39 is 0 Å². The molecule has 0 aliphatic rings. The molecule has 0 unspecified atom stereocenters. The zero-order valence-electron chi connectivity index (χ0n) is 8.06. The molecule has 0 aromatic rings. The number of aliphatic hydroxyl groups is 1. The highest BCUT2D eigenvalue weighted by Crippen LogP contribution is 2.21. The summed E-state index contributed by atoms with van der Waals surface area (Å²) in [6.45, 7) is 15.2. The Labute approximate surface area is 75.1 Å². The van der Waals surface area contributed by atoms with Crippen LogP contribution in [-0.4, -0.2) is 5.11 Å². The quantitative estimate of drug-likeness (QED) is 0.376. The molecule has 0 spiro atoms. The van der Waals surface area contributed by atoms with Crippen LogP contribution in [0.15, 0.2) is 36.6 Å². The van der Waals surface area contributed by atoms with Crippen LogP contribution >= 0.6 is 0 Å². The third-order valence-corrected chi connectivity index (χ3v) is 2.11. The van der Waals surface area contributed by atoms with Crippen LogP contribution in [0.3, 0.4) is 0 Å². The summed E-state index contributed by atoms with van der Waals surface area (Å²) in [4.78, 5) is 0. The van der Waals surface area contributed by atoms with Crippen molar-refractivity contribution in [3.8, 4) is 0 Å². The Balaban J connectivity index is 4.01. The molecule has 0 aromatic heterocycles. The fourth-order valence-electron chi connectivity index (χ4n) is 0.980. The number of hydrogen-bond donors (Lipinski definition) is 1. The molecule has 0 heterocycles. The summed E-state index contributed by atoms with van der Waals surface area (Å²) in [7, 11) is 0. The summed E-state index contributed by atoms with van der Waals surface area (Å²) in [6.07, 6.45) is 1.73. The summed E-state index contributed by atoms with van der Waals surface area (Å²) in [6, 6.07) is 0. The van der Waals surface area contributed by atoms with Gasteiger partial charge in [0.25, 0.3) is 0 Å². The van der Waals surface area contributed by atoms with Gasteiger partial charge in [-0.1, -0.05) is 39.2 Å². The molecule has 0 saturated carbocycles. The number of rotatable bonds is 5. The maximum absolute atomic E-state index is 9.00. The maximum Gasteiger partial charge on any atom is 0.111 e. The SMILES string of the molecule is C=C(O)C(=C)C[C@H](C)C(=C)CC. The van der Waals surface area contributed by atoms with Crippen LogP contribution in [0.25, 0.3) is 0 Å². The van der Waals surface area contributed by atoms with Crippen LogP contribution in [0.1, 0.15) is 26.7 Å². The average Bonchev–Trinajstić information content (AvgIpc) is 2.02. The third-order valence-electron chi connectivity index (χ3n) is 2.11. The Bertz CT molecular complexity index is 201. The van der Waals surface area contributed by atoms with E-state index >= 15 is 0 Å². The average molecular weight is 166 g/mol. The van der Waals surface area contributed by atoms with E-state index in [1.807, 2.05) is 0 Å². The van der Waals surface area contributed by atoms with Crippen molar-refractivity contribution < 1.29 is 5.11 Å². The minimum Gasteiger partial charge on any atom is -0.508 e. The van der Waals surface area contributed by atoms with Gasteiger partial charge in [0.15, 0.2) is 0 Å². The summed E-state index contributed by atoms with van der Waals surface area (Å²) < 4.78 is 0. The van der Waals surface area contributed by atoms with Gasteiger partial charge in [0.2, 0.25) is 0 Å². The van der Waals surface area contributed by atoms with Crippen LogP contribution in [0.2, 0.25) is 0 Å². The largest absolute Gasteiger partial charge is 0.508 e. The first-order chi connectivity index (χ1) is 5.49. The monoisotopic (exact) mass is 166 g/mol. The lowest BCUT2D eigenvalue weighted by Gasteiger charge is -2.13. The van der Waals surface area contributed by atoms with Gasteiger partial charge in [0.05, 0.1) is 0 Å². The van der Waals surface area contributed by atoms with Crippen LogP contribution in [0.4, 0.5) is 0 Å². The van der Waals surface area contributed by atoms with Gasteiger partial charge in [0.1, 0.15) is 5.76 Å². The first-order valence-corrected chi connectivity index (χ1v) is 4.22. The fraction of sp³-hybridized carbons (Fsp3) is 0.455. The van der Waals surface area contributed by atoms with Crippen LogP contribution in [0.5, 0.6) is 0 Å². The molecule has 1 heteroatoms. The minimum absolute atomic E-state index is 0.0887. The van der Waals surface area contributed by atoms with Gasteiger partial charge in [-0.05, 0) is 24.3 Å². The molecule has 0 saturated heterocycles. The summed E-state index contributed by atoms with van der Waals surface area (Å²) in [5.74, 6) is 0.470. The Hall–Kier alpha value is -0.980. The van der Waals surface area contributed by atoms with Crippen molar-refractivity contribution in [2.45, 2.75) is 26.7 Å². The molecule has 0 amide bonds. The highest BCUT2D eigenvalue weighted by Gasteiger charge is 2.07. The predicted molar refractivity (Wildman–Crippen MR) is 54.1 cm³/mol. The molecule has 0 rings (SSSR count). The Kier molecular flexibility index (Phi) is 4.42. The molecule has 1 N–H and O–H groups in total. The molecule has 0 aliphatic carbocycles. The molecule has 1 atom stereocenters. The van der Waals surface area contributed by atoms with Gasteiger partial charge in [-0.15, -0.1) is 0 Å². The second-order valence-corrected chi connectivity index (χ2v) is 3.17. The van der Waals surface area contributed by atoms with Crippen molar-refractivity contribution in [2.75, 3.05) is 0 Å². The van der Waals surface area contributed by atoms with Crippen molar-refractivity contribution in [2.24, 2.45) is 5.92 Å². The highest BCUT2D eigenvalue weighted by atomic mass is 16.3. The molecule has 1 nitrogen and oxygen atoms in total. The van der Waals surface area contributed by atoms with Gasteiger partial charge in [-0.3, -0.25) is 0 Å². The molecular weight excluding hydrogens is 148 g/mol. The van der Waals surface area contributed by atoms with Gasteiger partial charge in [-0.25, -0.2) is 0 Å². The normalized spacial score (nSPS) is 12.2. The summed E-state index contributed by atoms with van der Waals surface area (Å²) >= 11 is 0.